The summed E-state index contributed by atoms with van der Waals surface area (Å²) in [5.41, 5.74) is 6.15. The van der Waals surface area contributed by atoms with Crippen molar-refractivity contribution in [2.75, 3.05) is 0 Å². The Morgan fingerprint density at radius 2 is 1.00 bits per heavy atom. The van der Waals surface area contributed by atoms with E-state index in [1.165, 1.54) is 49.7 Å². The second kappa shape index (κ2) is 10.4. The monoisotopic (exact) mass is 490 g/mol. The van der Waals surface area contributed by atoms with Gasteiger partial charge in [-0.2, -0.15) is 0 Å². The summed E-state index contributed by atoms with van der Waals surface area (Å²) in [5.74, 6) is -0.121. The van der Waals surface area contributed by atoms with Crippen LogP contribution in [0.2, 0.25) is 9.45 Å². The van der Waals surface area contributed by atoms with Gasteiger partial charge in [-0.15, -0.1) is 0 Å². The number of carbonyl (C=O) groups is 2. The fraction of sp³-hybridized carbons (Fsp3) is 0.786. The number of carbonyl (C=O) groups excluding carboxylic acids is 2. The summed E-state index contributed by atoms with van der Waals surface area (Å²) in [6.07, 6.45) is 20.0. The molecule has 5 aliphatic carbocycles. The quantitative estimate of drug-likeness (QED) is 0.369. The van der Waals surface area contributed by atoms with E-state index >= 15 is 0 Å². The summed E-state index contributed by atoms with van der Waals surface area (Å²) in [7, 11) is 0. The number of rotatable bonds is 5. The molecule has 2 saturated carbocycles. The minimum atomic E-state index is -3.82. The molecule has 5 aliphatic rings. The Labute approximate surface area is 204 Å². The van der Waals surface area contributed by atoms with E-state index in [9.17, 15) is 9.59 Å². The fourth-order valence-corrected chi connectivity index (χ4v) is 12.6. The molecule has 0 atom stereocenters. The van der Waals surface area contributed by atoms with Crippen molar-refractivity contribution in [1.29, 1.82) is 0 Å². The van der Waals surface area contributed by atoms with Gasteiger partial charge < -0.3 is 0 Å². The second-order valence-corrected chi connectivity index (χ2v) is 16.1. The summed E-state index contributed by atoms with van der Waals surface area (Å²) in [6.45, 7) is 0. The third-order valence-corrected chi connectivity index (χ3v) is 13.7. The summed E-state index contributed by atoms with van der Waals surface area (Å²) < 4.78 is 13.2. The van der Waals surface area contributed by atoms with E-state index in [-0.39, 0.29) is 28.0 Å². The molecule has 0 aromatic carbocycles. The van der Waals surface area contributed by atoms with Crippen LogP contribution < -0.4 is 0 Å². The maximum atomic E-state index is 13.4. The Hall–Kier alpha value is -0.866. The zero-order valence-electron chi connectivity index (χ0n) is 20.6. The first-order valence-electron chi connectivity index (χ1n) is 14.0. The van der Waals surface area contributed by atoms with Crippen LogP contribution in [0.5, 0.6) is 0 Å². The van der Waals surface area contributed by atoms with Crippen LogP contribution in [-0.4, -0.2) is 11.9 Å². The van der Waals surface area contributed by atoms with Gasteiger partial charge in [0.1, 0.15) is 0 Å². The van der Waals surface area contributed by atoms with Gasteiger partial charge >= 0.3 is 205 Å². The van der Waals surface area contributed by atoms with Gasteiger partial charge in [0.2, 0.25) is 0 Å². The van der Waals surface area contributed by atoms with Crippen molar-refractivity contribution < 1.29 is 33.6 Å². The molecule has 0 spiro atoms. The first kappa shape index (κ1) is 23.9. The van der Waals surface area contributed by atoms with Gasteiger partial charge in [0.15, 0.2) is 0 Å². The van der Waals surface area contributed by atoms with E-state index in [1.54, 1.807) is 11.1 Å². The van der Waals surface area contributed by atoms with Crippen LogP contribution in [-0.2, 0) is 33.6 Å². The fourth-order valence-electron chi connectivity index (χ4n) is 7.41. The molecule has 0 heterocycles. The summed E-state index contributed by atoms with van der Waals surface area (Å²) in [6, 6.07) is 0. The first-order chi connectivity index (χ1) is 16.1. The van der Waals surface area contributed by atoms with E-state index in [0.29, 0.717) is 0 Å². The van der Waals surface area contributed by atoms with Gasteiger partial charge in [0.05, 0.1) is 0 Å². The molecule has 0 amide bonds. The predicted molar refractivity (Wildman–Crippen MR) is 126 cm³/mol. The van der Waals surface area contributed by atoms with Crippen molar-refractivity contribution in [2.45, 2.75) is 125 Å². The van der Waals surface area contributed by atoms with Crippen molar-refractivity contribution in [3.05, 3.63) is 22.3 Å². The van der Waals surface area contributed by atoms with Crippen molar-refractivity contribution in [3.8, 4) is 0 Å². The van der Waals surface area contributed by atoms with Gasteiger partial charge in [-0.05, 0) is 0 Å². The van der Waals surface area contributed by atoms with Crippen LogP contribution >= 0.6 is 0 Å². The molecule has 0 aliphatic heterocycles. The third kappa shape index (κ3) is 4.94. The number of hydrogen-bond acceptors (Lipinski definition) is 4. The van der Waals surface area contributed by atoms with Crippen LogP contribution in [0.15, 0.2) is 22.3 Å². The molecule has 0 N–H and O–H groups in total. The number of fused-ring (bicyclic) bond motifs is 1. The van der Waals surface area contributed by atoms with E-state index in [1.807, 2.05) is 0 Å². The Kier molecular flexibility index (Phi) is 7.52. The van der Waals surface area contributed by atoms with E-state index < -0.39 is 17.4 Å². The van der Waals surface area contributed by atoms with E-state index in [2.05, 4.69) is 5.23 Å². The average molecular weight is 491 g/mol. The molecule has 0 saturated heterocycles. The second-order valence-electron chi connectivity index (χ2n) is 11.4. The standard InChI is InChI=1S/C13H17.2C7H12O2.CH3.Ti/c1-3-7-12-10(5-1)9-11-6-2-4-8-13(11)12;2*8-7(9)6-4-2-1-3-5-6;;/h9H,1-8H2;2*6H,1-5H2,(H,8,9);1H3;/q;;;;+2/p-2. The number of allylic oxidation sites excluding steroid dienone is 4. The predicted octanol–water partition coefficient (Wildman–Crippen LogP) is 7.81. The molecule has 0 aromatic rings. The molecule has 182 valence electrons. The molecule has 5 rings (SSSR count). The van der Waals surface area contributed by atoms with E-state index in [0.717, 1.165) is 77.0 Å². The molecular formula is C28H42O4Ti. The van der Waals surface area contributed by atoms with Crippen LogP contribution in [0.4, 0.5) is 0 Å². The van der Waals surface area contributed by atoms with Crippen LogP contribution in [0.1, 0.15) is 116 Å². The van der Waals surface area contributed by atoms with Gasteiger partial charge in [-0.1, -0.05) is 0 Å². The molecule has 4 nitrogen and oxygen atoms in total. The third-order valence-electron chi connectivity index (χ3n) is 9.09. The van der Waals surface area contributed by atoms with Gasteiger partial charge in [0, 0.05) is 0 Å². The Bertz CT molecular complexity index is 765. The summed E-state index contributed by atoms with van der Waals surface area (Å²) in [5, 5.41) is 2.11. The van der Waals surface area contributed by atoms with Crippen LogP contribution in [0.25, 0.3) is 0 Å². The van der Waals surface area contributed by atoms with Crippen molar-refractivity contribution in [2.24, 2.45) is 11.8 Å². The molecule has 33 heavy (non-hydrogen) atoms. The molecular weight excluding hydrogens is 448 g/mol. The van der Waals surface area contributed by atoms with Crippen molar-refractivity contribution >= 4 is 11.9 Å². The van der Waals surface area contributed by atoms with Crippen LogP contribution in [0.3, 0.4) is 0 Å². The van der Waals surface area contributed by atoms with Gasteiger partial charge in [-0.25, -0.2) is 0 Å². The topological polar surface area (TPSA) is 52.6 Å². The molecule has 0 unspecified atom stereocenters. The number of hydrogen-bond donors (Lipinski definition) is 0. The Balaban J connectivity index is 1.47. The molecule has 2 fully saturated rings. The van der Waals surface area contributed by atoms with Crippen molar-refractivity contribution in [3.63, 3.8) is 0 Å². The van der Waals surface area contributed by atoms with Crippen LogP contribution in [0, 0.1) is 11.8 Å². The molecule has 0 bridgehead atoms. The zero-order valence-corrected chi connectivity index (χ0v) is 22.2. The average Bonchev–Trinajstić information content (AvgIpc) is 3.20. The molecule has 0 radical (unpaired) electrons. The van der Waals surface area contributed by atoms with Crippen molar-refractivity contribution in [1.82, 2.24) is 0 Å². The molecule has 5 heteroatoms. The molecule has 0 aromatic heterocycles. The summed E-state index contributed by atoms with van der Waals surface area (Å²) >= 11 is -3.82. The summed E-state index contributed by atoms with van der Waals surface area (Å²) in [4.78, 5) is 26.9. The van der Waals surface area contributed by atoms with Gasteiger partial charge in [0.25, 0.3) is 0 Å². The first-order valence-corrected chi connectivity index (χ1v) is 17.7. The van der Waals surface area contributed by atoms with Gasteiger partial charge in [-0.3, -0.25) is 0 Å². The minimum absolute atomic E-state index is 0.00176. The Morgan fingerprint density at radius 3 is 1.42 bits per heavy atom. The SMILES string of the molecule is [CH3][Ti]([O]C(=O)C1CCCCC1)([O]C(=O)C1CCCCC1)[CH]1C2=C(CCCC2)C2=C1CCCC2. The zero-order chi connectivity index (χ0) is 22.8. The van der Waals surface area contributed by atoms with E-state index in [4.69, 9.17) is 6.64 Å². The Morgan fingerprint density at radius 1 is 0.606 bits per heavy atom. The maximum absolute atomic E-state index is 13.4. The normalized spacial score (nSPS) is 25.6.